The SMILES string of the molecule is COc1c(Cl)cc(Cl)cc1C=CC(=O)Nc1ccc2oc(-c3ccc(Cl)cc3Cl)nc2c1. The zero-order valence-corrected chi connectivity index (χ0v) is 19.5. The van der Waals surface area contributed by atoms with Crippen molar-refractivity contribution in [2.45, 2.75) is 0 Å². The van der Waals surface area contributed by atoms with Crippen molar-refractivity contribution in [3.63, 3.8) is 0 Å². The highest BCUT2D eigenvalue weighted by atomic mass is 35.5. The molecule has 0 unspecified atom stereocenters. The van der Waals surface area contributed by atoms with Crippen LogP contribution in [0.5, 0.6) is 5.75 Å². The van der Waals surface area contributed by atoms with Gasteiger partial charge < -0.3 is 14.5 Å². The molecule has 4 rings (SSSR count). The van der Waals surface area contributed by atoms with Crippen LogP contribution >= 0.6 is 46.4 Å². The molecule has 4 aromatic rings. The molecule has 1 heterocycles. The van der Waals surface area contributed by atoms with Gasteiger partial charge in [0.1, 0.15) is 11.3 Å². The number of anilines is 1. The molecule has 0 fully saturated rings. The zero-order valence-electron chi connectivity index (χ0n) is 16.5. The predicted molar refractivity (Wildman–Crippen MR) is 130 cm³/mol. The number of oxazole rings is 1. The summed E-state index contributed by atoms with van der Waals surface area (Å²) < 4.78 is 11.1. The highest BCUT2D eigenvalue weighted by molar-refractivity contribution is 6.36. The topological polar surface area (TPSA) is 64.4 Å². The number of amides is 1. The fourth-order valence-electron chi connectivity index (χ4n) is 3.05. The number of hydrogen-bond acceptors (Lipinski definition) is 4. The van der Waals surface area contributed by atoms with E-state index in [0.717, 1.165) is 0 Å². The number of aromatic nitrogens is 1. The van der Waals surface area contributed by atoms with Gasteiger partial charge in [0, 0.05) is 27.4 Å². The molecule has 3 aromatic carbocycles. The van der Waals surface area contributed by atoms with E-state index in [9.17, 15) is 4.79 Å². The molecule has 1 aromatic heterocycles. The molecule has 1 amide bonds. The van der Waals surface area contributed by atoms with Crippen LogP contribution in [0.15, 0.2) is 59.0 Å². The van der Waals surface area contributed by atoms with E-state index in [1.807, 2.05) is 0 Å². The molecular formula is C23H14Cl4N2O3. The first-order valence-electron chi connectivity index (χ1n) is 9.22. The van der Waals surface area contributed by atoms with Crippen LogP contribution < -0.4 is 10.1 Å². The van der Waals surface area contributed by atoms with Crippen LogP contribution in [-0.4, -0.2) is 18.0 Å². The number of carbonyl (C=O) groups is 1. The molecule has 0 aliphatic heterocycles. The van der Waals surface area contributed by atoms with Crippen molar-refractivity contribution in [3.8, 4) is 17.2 Å². The number of hydrogen-bond donors (Lipinski definition) is 1. The van der Waals surface area contributed by atoms with Gasteiger partial charge in [-0.1, -0.05) is 46.4 Å². The standard InChI is InChI=1S/C23H14Cl4N2O3/c1-31-22-12(8-14(25)10-18(22)27)2-7-21(30)28-15-4-6-20-19(11-15)29-23(32-20)16-5-3-13(24)9-17(16)26/h2-11H,1H3,(H,28,30). The molecule has 5 nitrogen and oxygen atoms in total. The summed E-state index contributed by atoms with van der Waals surface area (Å²) in [6.07, 6.45) is 2.93. The van der Waals surface area contributed by atoms with Crippen molar-refractivity contribution in [3.05, 3.63) is 80.3 Å². The van der Waals surface area contributed by atoms with Crippen molar-refractivity contribution in [2.24, 2.45) is 0 Å². The number of fused-ring (bicyclic) bond motifs is 1. The van der Waals surface area contributed by atoms with Crippen LogP contribution in [-0.2, 0) is 4.79 Å². The Morgan fingerprint density at radius 3 is 2.53 bits per heavy atom. The van der Waals surface area contributed by atoms with Gasteiger partial charge >= 0.3 is 0 Å². The van der Waals surface area contributed by atoms with Gasteiger partial charge in [-0.3, -0.25) is 4.79 Å². The Morgan fingerprint density at radius 1 is 1.00 bits per heavy atom. The summed E-state index contributed by atoms with van der Waals surface area (Å²) >= 11 is 24.4. The maximum Gasteiger partial charge on any atom is 0.248 e. The Hall–Kier alpha value is -2.70. The minimum absolute atomic E-state index is 0.355. The van der Waals surface area contributed by atoms with Crippen molar-refractivity contribution < 1.29 is 13.9 Å². The summed E-state index contributed by atoms with van der Waals surface area (Å²) in [5.41, 5.74) is 2.87. The quantitative estimate of drug-likeness (QED) is 0.280. The van der Waals surface area contributed by atoms with Crippen LogP contribution in [0, 0.1) is 0 Å². The molecule has 0 atom stereocenters. The first kappa shape index (κ1) is 22.5. The smallest absolute Gasteiger partial charge is 0.248 e. The lowest BCUT2D eigenvalue weighted by molar-refractivity contribution is -0.111. The molecular weight excluding hydrogens is 494 g/mol. The fourth-order valence-corrected chi connectivity index (χ4v) is 4.13. The van der Waals surface area contributed by atoms with Crippen molar-refractivity contribution in [2.75, 3.05) is 12.4 Å². The molecule has 0 bridgehead atoms. The van der Waals surface area contributed by atoms with E-state index in [2.05, 4.69) is 10.3 Å². The molecule has 0 aliphatic rings. The fraction of sp³-hybridized carbons (Fsp3) is 0.0435. The van der Waals surface area contributed by atoms with Crippen LogP contribution in [0.4, 0.5) is 5.69 Å². The number of nitrogens with one attached hydrogen (secondary N) is 1. The normalized spacial score (nSPS) is 11.3. The first-order chi connectivity index (χ1) is 15.3. The average molecular weight is 508 g/mol. The van der Waals surface area contributed by atoms with Crippen LogP contribution in [0.1, 0.15) is 5.56 Å². The lowest BCUT2D eigenvalue weighted by Crippen LogP contribution is -2.07. The maximum absolute atomic E-state index is 12.4. The van der Waals surface area contributed by atoms with Gasteiger partial charge in [0.25, 0.3) is 0 Å². The summed E-state index contributed by atoms with van der Waals surface area (Å²) in [6, 6.07) is 13.4. The molecule has 0 aliphatic carbocycles. The van der Waals surface area contributed by atoms with Gasteiger partial charge in [0.05, 0.1) is 22.7 Å². The maximum atomic E-state index is 12.4. The summed E-state index contributed by atoms with van der Waals surface area (Å²) in [5, 5.41) is 4.52. The number of carbonyl (C=O) groups excluding carboxylic acids is 1. The third-order valence-electron chi connectivity index (χ3n) is 4.47. The Bertz CT molecular complexity index is 1370. The number of nitrogens with zero attached hydrogens (tertiary/aromatic N) is 1. The molecule has 0 spiro atoms. The lowest BCUT2D eigenvalue weighted by Gasteiger charge is -2.08. The minimum Gasteiger partial charge on any atom is -0.495 e. The number of benzene rings is 3. The Labute approximate surface area is 203 Å². The average Bonchev–Trinajstić information content (AvgIpc) is 3.15. The van der Waals surface area contributed by atoms with Crippen molar-refractivity contribution in [1.29, 1.82) is 0 Å². The van der Waals surface area contributed by atoms with Gasteiger partial charge in [-0.2, -0.15) is 0 Å². The molecule has 162 valence electrons. The second kappa shape index (κ2) is 9.43. The third-order valence-corrected chi connectivity index (χ3v) is 5.52. The Morgan fingerprint density at radius 2 is 1.78 bits per heavy atom. The predicted octanol–water partition coefficient (Wildman–Crippen LogP) is 7.77. The van der Waals surface area contributed by atoms with E-state index >= 15 is 0 Å². The van der Waals surface area contributed by atoms with E-state index in [4.69, 9.17) is 55.6 Å². The largest absolute Gasteiger partial charge is 0.495 e. The van der Waals surface area contributed by atoms with E-state index < -0.39 is 0 Å². The van der Waals surface area contributed by atoms with Gasteiger partial charge in [-0.15, -0.1) is 0 Å². The Kier molecular flexibility index (Phi) is 6.63. The zero-order chi connectivity index (χ0) is 22.8. The van der Waals surface area contributed by atoms with E-state index in [1.54, 1.807) is 54.6 Å². The number of methoxy groups -OCH3 is 1. The minimum atomic E-state index is -0.355. The van der Waals surface area contributed by atoms with Gasteiger partial charge in [-0.05, 0) is 54.6 Å². The lowest BCUT2D eigenvalue weighted by atomic mass is 10.2. The molecule has 0 saturated heterocycles. The second-order valence-electron chi connectivity index (χ2n) is 6.66. The summed E-state index contributed by atoms with van der Waals surface area (Å²) in [7, 11) is 1.49. The third kappa shape index (κ3) is 4.87. The van der Waals surface area contributed by atoms with E-state index in [1.165, 1.54) is 13.2 Å². The van der Waals surface area contributed by atoms with Crippen molar-refractivity contribution >= 4 is 75.2 Å². The summed E-state index contributed by atoms with van der Waals surface area (Å²) in [4.78, 5) is 16.9. The van der Waals surface area contributed by atoms with Crippen LogP contribution in [0.2, 0.25) is 20.1 Å². The highest BCUT2D eigenvalue weighted by Crippen LogP contribution is 2.34. The van der Waals surface area contributed by atoms with Crippen LogP contribution in [0.3, 0.4) is 0 Å². The number of rotatable bonds is 5. The number of halogens is 4. The molecule has 1 N–H and O–H groups in total. The van der Waals surface area contributed by atoms with E-state index in [0.29, 0.717) is 59.6 Å². The molecule has 9 heteroatoms. The summed E-state index contributed by atoms with van der Waals surface area (Å²) in [5.74, 6) is 0.430. The van der Waals surface area contributed by atoms with Gasteiger partial charge in [-0.25, -0.2) is 4.98 Å². The Balaban J connectivity index is 1.55. The van der Waals surface area contributed by atoms with Gasteiger partial charge in [0.15, 0.2) is 5.58 Å². The molecule has 32 heavy (non-hydrogen) atoms. The van der Waals surface area contributed by atoms with E-state index in [-0.39, 0.29) is 5.91 Å². The van der Waals surface area contributed by atoms with Crippen molar-refractivity contribution in [1.82, 2.24) is 4.98 Å². The molecule has 0 radical (unpaired) electrons. The van der Waals surface area contributed by atoms with Gasteiger partial charge in [0.2, 0.25) is 11.8 Å². The van der Waals surface area contributed by atoms with Crippen LogP contribution in [0.25, 0.3) is 28.6 Å². The number of ether oxygens (including phenoxy) is 1. The summed E-state index contributed by atoms with van der Waals surface area (Å²) in [6.45, 7) is 0. The second-order valence-corrected chi connectivity index (χ2v) is 8.35. The monoisotopic (exact) mass is 506 g/mol. The molecule has 0 saturated carbocycles. The highest BCUT2D eigenvalue weighted by Gasteiger charge is 2.13. The first-order valence-corrected chi connectivity index (χ1v) is 10.7.